The molecule has 3 amide bonds. The standard InChI is InChI=1S/C34H33Cl2FN4O2/c35-29-7-2-1-6-28(29)32(42)40-14-11-22(12-15-40)21-41(33(43)39-26-8-9-31(37)30(36)18-26)27-10-13-34(19-25(34)17-27)24-5-3-4-23(16-24)20-38/h1-9,16,18,22,25,27H,10-15,17,19,21H2,(H,39,43)/t25-,27?,34+/m0/s1. The van der Waals surface area contributed by atoms with Gasteiger partial charge < -0.3 is 15.1 Å². The van der Waals surface area contributed by atoms with Gasteiger partial charge in [-0.25, -0.2) is 9.18 Å². The molecule has 222 valence electrons. The summed E-state index contributed by atoms with van der Waals surface area (Å²) in [4.78, 5) is 30.7. The van der Waals surface area contributed by atoms with Crippen molar-refractivity contribution < 1.29 is 14.0 Å². The van der Waals surface area contributed by atoms with Crippen LogP contribution in [0.3, 0.4) is 0 Å². The minimum atomic E-state index is -0.535. The molecule has 1 aliphatic heterocycles. The molecule has 0 spiro atoms. The van der Waals surface area contributed by atoms with Crippen molar-refractivity contribution in [2.24, 2.45) is 11.8 Å². The number of carbonyl (C=O) groups excluding carboxylic acids is 2. The number of carbonyl (C=O) groups is 2. The maximum absolute atomic E-state index is 13.8. The van der Waals surface area contributed by atoms with Crippen LogP contribution in [0.2, 0.25) is 10.0 Å². The van der Waals surface area contributed by atoms with Crippen molar-refractivity contribution in [2.75, 3.05) is 25.0 Å². The van der Waals surface area contributed by atoms with E-state index in [2.05, 4.69) is 17.5 Å². The Balaban J connectivity index is 1.15. The number of benzene rings is 3. The molecule has 3 atom stereocenters. The maximum atomic E-state index is 13.8. The molecule has 1 N–H and O–H groups in total. The van der Waals surface area contributed by atoms with Gasteiger partial charge in [0.2, 0.25) is 0 Å². The van der Waals surface area contributed by atoms with Crippen LogP contribution in [0, 0.1) is 29.0 Å². The number of rotatable bonds is 6. The lowest BCUT2D eigenvalue weighted by Gasteiger charge is -2.40. The lowest BCUT2D eigenvalue weighted by Crippen LogP contribution is -2.49. The number of piperidine rings is 1. The summed E-state index contributed by atoms with van der Waals surface area (Å²) in [5.74, 6) is 0.0824. The third-order valence-electron chi connectivity index (χ3n) is 9.61. The maximum Gasteiger partial charge on any atom is 0.322 e. The van der Waals surface area contributed by atoms with E-state index in [1.54, 1.807) is 12.1 Å². The van der Waals surface area contributed by atoms with E-state index in [1.165, 1.54) is 23.8 Å². The number of halogens is 3. The van der Waals surface area contributed by atoms with E-state index in [9.17, 15) is 19.2 Å². The zero-order valence-electron chi connectivity index (χ0n) is 23.7. The van der Waals surface area contributed by atoms with Gasteiger partial charge >= 0.3 is 6.03 Å². The highest BCUT2D eigenvalue weighted by Gasteiger charge is 2.58. The van der Waals surface area contributed by atoms with Crippen LogP contribution in [0.5, 0.6) is 0 Å². The highest BCUT2D eigenvalue weighted by Crippen LogP contribution is 2.63. The van der Waals surface area contributed by atoms with Gasteiger partial charge in [-0.3, -0.25) is 4.79 Å². The Morgan fingerprint density at radius 2 is 1.81 bits per heavy atom. The smallest absolute Gasteiger partial charge is 0.322 e. The molecule has 3 fully saturated rings. The molecule has 0 radical (unpaired) electrons. The van der Waals surface area contributed by atoms with E-state index in [-0.39, 0.29) is 34.3 Å². The number of amides is 3. The topological polar surface area (TPSA) is 76.4 Å². The van der Waals surface area contributed by atoms with E-state index < -0.39 is 5.82 Å². The van der Waals surface area contributed by atoms with Crippen LogP contribution in [-0.4, -0.2) is 47.4 Å². The molecule has 3 aromatic rings. The van der Waals surface area contributed by atoms with Crippen molar-refractivity contribution in [3.05, 3.63) is 99.3 Å². The normalized spacial score (nSPS) is 23.2. The van der Waals surface area contributed by atoms with Crippen molar-refractivity contribution in [3.63, 3.8) is 0 Å². The molecule has 6 nitrogen and oxygen atoms in total. The molecule has 1 unspecified atom stereocenters. The van der Waals surface area contributed by atoms with E-state index in [0.717, 1.165) is 38.5 Å². The summed E-state index contributed by atoms with van der Waals surface area (Å²) in [6.45, 7) is 1.77. The number of hydrogen-bond acceptors (Lipinski definition) is 3. The highest BCUT2D eigenvalue weighted by atomic mass is 35.5. The van der Waals surface area contributed by atoms with Crippen LogP contribution >= 0.6 is 23.2 Å². The second-order valence-electron chi connectivity index (χ2n) is 12.1. The van der Waals surface area contributed by atoms with Crippen molar-refractivity contribution in [1.29, 1.82) is 5.26 Å². The molecule has 0 bridgehead atoms. The molecule has 3 aliphatic rings. The van der Waals surface area contributed by atoms with Crippen LogP contribution in [0.1, 0.15) is 60.0 Å². The zero-order valence-corrected chi connectivity index (χ0v) is 25.3. The zero-order chi connectivity index (χ0) is 30.1. The van der Waals surface area contributed by atoms with Gasteiger partial charge in [-0.2, -0.15) is 5.26 Å². The number of nitrogens with zero attached hydrogens (tertiary/aromatic N) is 3. The average Bonchev–Trinajstić information content (AvgIpc) is 3.77. The number of urea groups is 1. The van der Waals surface area contributed by atoms with Gasteiger partial charge in [0.25, 0.3) is 5.91 Å². The number of likely N-dealkylation sites (tertiary alicyclic amines) is 1. The number of fused-ring (bicyclic) bond motifs is 1. The highest BCUT2D eigenvalue weighted by molar-refractivity contribution is 6.33. The number of nitriles is 1. The summed E-state index contributed by atoms with van der Waals surface area (Å²) < 4.78 is 13.8. The first-order chi connectivity index (χ1) is 20.8. The lowest BCUT2D eigenvalue weighted by molar-refractivity contribution is 0.0656. The molecular formula is C34H33Cl2FN4O2. The van der Waals surface area contributed by atoms with Gasteiger partial charge in [0.1, 0.15) is 5.82 Å². The quantitative estimate of drug-likeness (QED) is 0.305. The Morgan fingerprint density at radius 1 is 1.02 bits per heavy atom. The molecule has 2 saturated carbocycles. The fraction of sp³-hybridized carbons (Fsp3) is 0.382. The minimum Gasteiger partial charge on any atom is -0.339 e. The van der Waals surface area contributed by atoms with Gasteiger partial charge in [-0.05, 0) is 104 Å². The van der Waals surface area contributed by atoms with Crippen LogP contribution in [0.15, 0.2) is 66.7 Å². The molecule has 0 aromatic heterocycles. The Bertz CT molecular complexity index is 1580. The summed E-state index contributed by atoms with van der Waals surface area (Å²) >= 11 is 12.3. The third kappa shape index (κ3) is 6.09. The van der Waals surface area contributed by atoms with Gasteiger partial charge in [0.05, 0.1) is 27.2 Å². The fourth-order valence-corrected chi connectivity index (χ4v) is 7.51. The second-order valence-corrected chi connectivity index (χ2v) is 12.9. The average molecular weight is 620 g/mol. The predicted octanol–water partition coefficient (Wildman–Crippen LogP) is 7.90. The summed E-state index contributed by atoms with van der Waals surface area (Å²) in [7, 11) is 0. The third-order valence-corrected chi connectivity index (χ3v) is 10.2. The first-order valence-electron chi connectivity index (χ1n) is 14.8. The second kappa shape index (κ2) is 12.2. The largest absolute Gasteiger partial charge is 0.339 e. The molecule has 1 heterocycles. The molecule has 2 aliphatic carbocycles. The van der Waals surface area contributed by atoms with E-state index in [0.29, 0.717) is 47.4 Å². The molecule has 6 rings (SSSR count). The Hall–Kier alpha value is -3.60. The van der Waals surface area contributed by atoms with Gasteiger partial charge in [0, 0.05) is 31.4 Å². The SMILES string of the molecule is N#Cc1cccc([C@]23CCC(N(CC4CCN(C(=O)c5ccccc5Cl)CC4)C(=O)Nc4ccc(F)c(Cl)c4)C[C@H]2C3)c1. The lowest BCUT2D eigenvalue weighted by atomic mass is 9.79. The van der Waals surface area contributed by atoms with Crippen LogP contribution in [0.4, 0.5) is 14.9 Å². The summed E-state index contributed by atoms with van der Waals surface area (Å²) in [6, 6.07) is 21.3. The van der Waals surface area contributed by atoms with Crippen molar-refractivity contribution in [1.82, 2.24) is 9.80 Å². The van der Waals surface area contributed by atoms with E-state index in [1.807, 2.05) is 40.1 Å². The molecule has 43 heavy (non-hydrogen) atoms. The summed E-state index contributed by atoms with van der Waals surface area (Å²) in [5.41, 5.74) is 2.95. The fourth-order valence-electron chi connectivity index (χ4n) is 7.11. The van der Waals surface area contributed by atoms with Gasteiger partial charge in [-0.15, -0.1) is 0 Å². The van der Waals surface area contributed by atoms with Crippen molar-refractivity contribution >= 4 is 40.8 Å². The molecule has 9 heteroatoms. The molecular weight excluding hydrogens is 586 g/mol. The van der Waals surface area contributed by atoms with Crippen LogP contribution < -0.4 is 5.32 Å². The number of hydrogen-bond donors (Lipinski definition) is 1. The van der Waals surface area contributed by atoms with Crippen molar-refractivity contribution in [3.8, 4) is 6.07 Å². The monoisotopic (exact) mass is 618 g/mol. The molecule has 1 saturated heterocycles. The minimum absolute atomic E-state index is 0.0417. The molecule has 3 aromatic carbocycles. The number of nitrogens with one attached hydrogen (secondary N) is 1. The van der Waals surface area contributed by atoms with Gasteiger partial charge in [-0.1, -0.05) is 47.5 Å². The van der Waals surface area contributed by atoms with E-state index >= 15 is 0 Å². The van der Waals surface area contributed by atoms with Crippen molar-refractivity contribution in [2.45, 2.75) is 50.0 Å². The van der Waals surface area contributed by atoms with Crippen LogP contribution in [0.25, 0.3) is 0 Å². The van der Waals surface area contributed by atoms with Crippen LogP contribution in [-0.2, 0) is 5.41 Å². The predicted molar refractivity (Wildman–Crippen MR) is 166 cm³/mol. The number of anilines is 1. The first kappa shape index (κ1) is 29.5. The Kier molecular flexibility index (Phi) is 8.35. The first-order valence-corrected chi connectivity index (χ1v) is 15.6. The van der Waals surface area contributed by atoms with Gasteiger partial charge in [0.15, 0.2) is 0 Å². The van der Waals surface area contributed by atoms with E-state index in [4.69, 9.17) is 23.2 Å². The Morgan fingerprint density at radius 3 is 2.53 bits per heavy atom. The summed E-state index contributed by atoms with van der Waals surface area (Å²) in [6.07, 6.45) is 5.32. The Labute approximate surface area is 261 Å². The summed E-state index contributed by atoms with van der Waals surface area (Å²) in [5, 5.41) is 12.8.